The number of nitrogens with zero attached hydrogens (tertiary/aromatic N) is 1. The lowest BCUT2D eigenvalue weighted by Crippen LogP contribution is -2.35. The molecule has 0 bridgehead atoms. The van der Waals surface area contributed by atoms with Gasteiger partial charge in [0.1, 0.15) is 0 Å². The van der Waals surface area contributed by atoms with Gasteiger partial charge in [0.05, 0.1) is 6.54 Å². The lowest BCUT2D eigenvalue weighted by Gasteiger charge is -2.18. The minimum Gasteiger partial charge on any atom is -0.478 e. The largest absolute Gasteiger partial charge is 0.478 e. The van der Waals surface area contributed by atoms with Gasteiger partial charge in [-0.25, -0.2) is 4.79 Å². The molecule has 0 unspecified atom stereocenters. The van der Waals surface area contributed by atoms with Gasteiger partial charge in [-0.15, -0.1) is 11.3 Å². The molecule has 0 spiro atoms. The highest BCUT2D eigenvalue weighted by Crippen LogP contribution is 2.20. The number of rotatable bonds is 7. The Labute approximate surface area is 116 Å². The van der Waals surface area contributed by atoms with Crippen molar-refractivity contribution in [2.45, 2.75) is 13.5 Å². The summed E-state index contributed by atoms with van der Waals surface area (Å²) >= 11 is 1.56. The summed E-state index contributed by atoms with van der Waals surface area (Å²) < 4.78 is 0. The number of carboxylic acid groups (broad SMARTS) is 1. The van der Waals surface area contributed by atoms with Crippen molar-refractivity contribution in [1.29, 1.82) is 0 Å². The van der Waals surface area contributed by atoms with Gasteiger partial charge in [0.2, 0.25) is 5.91 Å². The first-order valence-corrected chi connectivity index (χ1v) is 6.85. The van der Waals surface area contributed by atoms with E-state index in [2.05, 4.69) is 5.32 Å². The molecular formula is C13H18N2O3S. The lowest BCUT2D eigenvalue weighted by atomic mass is 10.2. The van der Waals surface area contributed by atoms with Crippen LogP contribution in [-0.4, -0.2) is 42.0 Å². The van der Waals surface area contributed by atoms with Crippen LogP contribution in [-0.2, 0) is 16.1 Å². The van der Waals surface area contributed by atoms with Crippen LogP contribution < -0.4 is 5.32 Å². The van der Waals surface area contributed by atoms with Crippen molar-refractivity contribution in [3.63, 3.8) is 0 Å². The summed E-state index contributed by atoms with van der Waals surface area (Å²) in [6.45, 7) is 3.73. The first-order valence-electron chi connectivity index (χ1n) is 5.97. The Morgan fingerprint density at radius 1 is 1.53 bits per heavy atom. The van der Waals surface area contributed by atoms with Crippen LogP contribution >= 0.6 is 11.3 Å². The Morgan fingerprint density at radius 3 is 2.84 bits per heavy atom. The molecule has 0 fully saturated rings. The van der Waals surface area contributed by atoms with Crippen molar-refractivity contribution in [3.05, 3.63) is 28.0 Å². The second-order valence-corrected chi connectivity index (χ2v) is 4.95. The highest BCUT2D eigenvalue weighted by atomic mass is 32.1. The van der Waals surface area contributed by atoms with Gasteiger partial charge in [-0.2, -0.15) is 0 Å². The van der Waals surface area contributed by atoms with E-state index in [1.165, 1.54) is 0 Å². The Bertz CT molecular complexity index is 468. The Morgan fingerprint density at radius 2 is 2.26 bits per heavy atom. The molecule has 2 N–H and O–H groups in total. The number of carbonyl (C=O) groups is 2. The molecule has 0 saturated heterocycles. The molecule has 0 aromatic carbocycles. The molecule has 19 heavy (non-hydrogen) atoms. The average Bonchev–Trinajstić information content (AvgIpc) is 2.82. The summed E-state index contributed by atoms with van der Waals surface area (Å²) in [5.74, 6) is -0.990. The Hall–Kier alpha value is -1.66. The van der Waals surface area contributed by atoms with Gasteiger partial charge >= 0.3 is 5.97 Å². The maximum atomic E-state index is 11.4. The predicted octanol–water partition coefficient (Wildman–Crippen LogP) is 1.41. The molecule has 1 aromatic rings. The molecule has 0 radical (unpaired) electrons. The van der Waals surface area contributed by atoms with Gasteiger partial charge in [0, 0.05) is 24.5 Å². The third kappa shape index (κ3) is 5.23. The number of hydrogen-bond donors (Lipinski definition) is 2. The molecule has 1 aromatic heterocycles. The van der Waals surface area contributed by atoms with E-state index in [4.69, 9.17) is 5.11 Å². The molecular weight excluding hydrogens is 264 g/mol. The van der Waals surface area contributed by atoms with E-state index in [0.717, 1.165) is 23.1 Å². The molecule has 1 heterocycles. The summed E-state index contributed by atoms with van der Waals surface area (Å²) in [5.41, 5.74) is 0.891. The molecule has 0 atom stereocenters. The van der Waals surface area contributed by atoms with Crippen LogP contribution in [0.2, 0.25) is 0 Å². The van der Waals surface area contributed by atoms with Crippen molar-refractivity contribution in [3.8, 4) is 0 Å². The fourth-order valence-electron chi connectivity index (χ4n) is 1.55. The number of carbonyl (C=O) groups excluding carboxylic acids is 1. The fraction of sp³-hybridized carbons (Fsp3) is 0.385. The van der Waals surface area contributed by atoms with E-state index in [1.807, 2.05) is 23.3 Å². The van der Waals surface area contributed by atoms with Crippen molar-refractivity contribution in [1.82, 2.24) is 10.2 Å². The van der Waals surface area contributed by atoms with Gasteiger partial charge in [-0.05, 0) is 29.6 Å². The van der Waals surface area contributed by atoms with Crippen LogP contribution in [0.3, 0.4) is 0 Å². The molecule has 104 valence electrons. The normalized spacial score (nSPS) is 11.1. The van der Waals surface area contributed by atoms with E-state index in [1.54, 1.807) is 24.5 Å². The van der Waals surface area contributed by atoms with Crippen molar-refractivity contribution < 1.29 is 14.7 Å². The molecule has 0 aliphatic heterocycles. The Kier molecular flexibility index (Phi) is 6.24. The van der Waals surface area contributed by atoms with Crippen molar-refractivity contribution in [2.75, 3.05) is 20.1 Å². The highest BCUT2D eigenvalue weighted by Gasteiger charge is 2.11. The number of hydrogen-bond acceptors (Lipinski definition) is 4. The third-order valence-electron chi connectivity index (χ3n) is 2.65. The fourth-order valence-corrected chi connectivity index (χ4v) is 2.46. The molecule has 6 heteroatoms. The van der Waals surface area contributed by atoms with E-state index < -0.39 is 5.97 Å². The van der Waals surface area contributed by atoms with Gasteiger partial charge in [-0.1, -0.05) is 6.92 Å². The Balaban J connectivity index is 2.72. The smallest absolute Gasteiger partial charge is 0.328 e. The number of aliphatic carboxylic acids is 1. The zero-order valence-electron chi connectivity index (χ0n) is 11.0. The minimum absolute atomic E-state index is 0.0268. The number of carboxylic acids is 1. The summed E-state index contributed by atoms with van der Waals surface area (Å²) in [6.07, 6.45) is 2.71. The topological polar surface area (TPSA) is 69.6 Å². The lowest BCUT2D eigenvalue weighted by molar-refractivity contribution is -0.131. The summed E-state index contributed by atoms with van der Waals surface area (Å²) in [7, 11) is 1.61. The summed E-state index contributed by atoms with van der Waals surface area (Å²) in [4.78, 5) is 25.0. The standard InChI is InChI=1S/C13H18N2O3S/c1-3-15(9-12(16)14-2)8-11-10(6-7-19-11)4-5-13(17)18/h4-7H,3,8-9H2,1-2H3,(H,14,16)(H,17,18). The molecule has 1 amide bonds. The SMILES string of the molecule is CCN(CC(=O)NC)Cc1sccc1C=CC(=O)O. The third-order valence-corrected chi connectivity index (χ3v) is 3.57. The van der Waals surface area contributed by atoms with Gasteiger partial charge in [0.25, 0.3) is 0 Å². The zero-order valence-corrected chi connectivity index (χ0v) is 11.9. The van der Waals surface area contributed by atoms with E-state index in [9.17, 15) is 9.59 Å². The van der Waals surface area contributed by atoms with Crippen LogP contribution in [0.15, 0.2) is 17.5 Å². The quantitative estimate of drug-likeness (QED) is 0.742. The van der Waals surface area contributed by atoms with Gasteiger partial charge < -0.3 is 10.4 Å². The molecule has 0 saturated carbocycles. The first kappa shape index (κ1) is 15.4. The molecule has 5 nitrogen and oxygen atoms in total. The number of likely N-dealkylation sites (N-methyl/N-ethyl adjacent to an activating group) is 2. The average molecular weight is 282 g/mol. The summed E-state index contributed by atoms with van der Waals surface area (Å²) in [5, 5.41) is 13.2. The maximum absolute atomic E-state index is 11.4. The highest BCUT2D eigenvalue weighted by molar-refractivity contribution is 7.10. The van der Waals surface area contributed by atoms with Crippen LogP contribution in [0.5, 0.6) is 0 Å². The summed E-state index contributed by atoms with van der Waals surface area (Å²) in [6, 6.07) is 1.88. The van der Waals surface area contributed by atoms with E-state index >= 15 is 0 Å². The minimum atomic E-state index is -0.963. The predicted molar refractivity (Wildman–Crippen MR) is 76.0 cm³/mol. The van der Waals surface area contributed by atoms with Crippen LogP contribution in [0.4, 0.5) is 0 Å². The zero-order chi connectivity index (χ0) is 14.3. The van der Waals surface area contributed by atoms with Gasteiger partial charge in [-0.3, -0.25) is 9.69 Å². The van der Waals surface area contributed by atoms with E-state index in [0.29, 0.717) is 13.1 Å². The van der Waals surface area contributed by atoms with Gasteiger partial charge in [0.15, 0.2) is 0 Å². The second kappa shape index (κ2) is 7.70. The number of thiophene rings is 1. The monoisotopic (exact) mass is 282 g/mol. The molecule has 0 aliphatic carbocycles. The number of amides is 1. The maximum Gasteiger partial charge on any atom is 0.328 e. The van der Waals surface area contributed by atoms with Crippen molar-refractivity contribution in [2.24, 2.45) is 0 Å². The van der Waals surface area contributed by atoms with E-state index in [-0.39, 0.29) is 5.91 Å². The first-order chi connectivity index (χ1) is 9.06. The van der Waals surface area contributed by atoms with Crippen LogP contribution in [0, 0.1) is 0 Å². The van der Waals surface area contributed by atoms with Crippen LogP contribution in [0.25, 0.3) is 6.08 Å². The molecule has 0 aliphatic rings. The van der Waals surface area contributed by atoms with Crippen molar-refractivity contribution >= 4 is 29.3 Å². The number of nitrogens with one attached hydrogen (secondary N) is 1. The van der Waals surface area contributed by atoms with Crippen LogP contribution in [0.1, 0.15) is 17.4 Å². The second-order valence-electron chi connectivity index (χ2n) is 3.95. The molecule has 1 rings (SSSR count).